The number of nitrogens with zero attached hydrogens (tertiary/aromatic N) is 2. The fourth-order valence-electron chi connectivity index (χ4n) is 4.10. The number of carbonyl (C=O) groups excluding carboxylic acids is 2. The number of aromatic nitrogens is 1. The summed E-state index contributed by atoms with van der Waals surface area (Å²) in [6.07, 6.45) is 6.82. The lowest BCUT2D eigenvalue weighted by atomic mass is 10.1. The lowest BCUT2D eigenvalue weighted by Crippen LogP contribution is -2.36. The number of amides is 1. The van der Waals surface area contributed by atoms with Gasteiger partial charge in [0.2, 0.25) is 10.0 Å². The number of ether oxygens (including phenoxy) is 1. The number of aryl methyl sites for hydroxylation is 1. The van der Waals surface area contributed by atoms with Gasteiger partial charge in [0.05, 0.1) is 5.75 Å². The van der Waals surface area contributed by atoms with Crippen LogP contribution in [0.15, 0.2) is 85.2 Å². The van der Waals surface area contributed by atoms with Crippen LogP contribution >= 0.6 is 0 Å². The molecule has 1 N–H and O–H groups in total. The van der Waals surface area contributed by atoms with Crippen molar-refractivity contribution >= 4 is 22.4 Å². The van der Waals surface area contributed by atoms with Gasteiger partial charge < -0.3 is 10.1 Å². The quantitative estimate of drug-likeness (QED) is 0.368. The Morgan fingerprint density at radius 1 is 0.947 bits per heavy atom. The van der Waals surface area contributed by atoms with E-state index < -0.39 is 16.1 Å². The molecule has 8 nitrogen and oxygen atoms in total. The van der Waals surface area contributed by atoms with E-state index in [-0.39, 0.29) is 13.1 Å². The van der Waals surface area contributed by atoms with Crippen LogP contribution in [-0.2, 0) is 43.1 Å². The molecule has 0 spiro atoms. The molecule has 1 aromatic heterocycles. The lowest BCUT2D eigenvalue weighted by molar-refractivity contribution is -0.145. The van der Waals surface area contributed by atoms with Gasteiger partial charge in [-0.15, -0.1) is 0 Å². The predicted molar refractivity (Wildman–Crippen MR) is 148 cm³/mol. The van der Waals surface area contributed by atoms with Crippen molar-refractivity contribution in [1.29, 1.82) is 0 Å². The molecule has 0 radical (unpaired) electrons. The molecule has 2 aromatic carbocycles. The van der Waals surface area contributed by atoms with Crippen molar-refractivity contribution in [3.63, 3.8) is 0 Å². The van der Waals surface area contributed by atoms with Crippen molar-refractivity contribution in [3.05, 3.63) is 102 Å². The second-order valence-electron chi connectivity index (χ2n) is 9.03. The lowest BCUT2D eigenvalue weighted by Gasteiger charge is -2.25. The summed E-state index contributed by atoms with van der Waals surface area (Å²) in [7, 11) is -3.10. The van der Waals surface area contributed by atoms with E-state index in [1.807, 2.05) is 66.7 Å². The Hall–Kier alpha value is -3.56. The molecule has 1 fully saturated rings. The van der Waals surface area contributed by atoms with Crippen molar-refractivity contribution in [1.82, 2.24) is 14.6 Å². The number of carbonyl (C=O) groups is 2. The first-order valence-electron chi connectivity index (χ1n) is 12.8. The Morgan fingerprint density at radius 2 is 1.58 bits per heavy atom. The summed E-state index contributed by atoms with van der Waals surface area (Å²) in [6, 6.07) is 22.8. The molecule has 1 unspecified atom stereocenters. The third kappa shape index (κ3) is 10.1. The summed E-state index contributed by atoms with van der Waals surface area (Å²) in [5, 5.41) is 2.76. The van der Waals surface area contributed by atoms with Gasteiger partial charge in [-0.05, 0) is 48.4 Å². The summed E-state index contributed by atoms with van der Waals surface area (Å²) < 4.78 is 30.7. The Bertz CT molecular complexity index is 1210. The normalized spacial score (nSPS) is 14.4. The van der Waals surface area contributed by atoms with Crippen molar-refractivity contribution in [2.24, 2.45) is 0 Å². The predicted octanol–water partition coefficient (Wildman–Crippen LogP) is 4.12. The number of sulfonamides is 1. The number of hydrogen-bond donors (Lipinski definition) is 1. The van der Waals surface area contributed by atoms with E-state index in [0.717, 1.165) is 36.0 Å². The minimum atomic E-state index is -3.10. The Balaban J connectivity index is 0.000000279. The summed E-state index contributed by atoms with van der Waals surface area (Å²) in [6.45, 7) is 2.06. The summed E-state index contributed by atoms with van der Waals surface area (Å²) >= 11 is 0. The van der Waals surface area contributed by atoms with Crippen LogP contribution in [-0.4, -0.2) is 49.3 Å². The highest BCUT2D eigenvalue weighted by Crippen LogP contribution is 2.16. The molecule has 1 aliphatic rings. The first-order valence-corrected chi connectivity index (χ1v) is 14.4. The monoisotopic (exact) mass is 539 g/mol. The standard InChI is InChI=1S/C17H18N2O3.C12H17NO2S.H2/c20-13-22-16(9-8-14-5-2-1-3-6-14)17(21)19-12-15-7-4-10-18-11-15;14-16(15,13-9-5-2-6-10-13)11-12-7-3-1-4-8-12;/h1-7,10-11,13,16H,8-9,12H2,(H,19,21);1,3-4,7-8H,2,5-6,9-11H2;1H. The van der Waals surface area contributed by atoms with E-state index in [1.165, 1.54) is 0 Å². The number of piperidine rings is 1. The molecule has 1 atom stereocenters. The number of rotatable bonds is 11. The van der Waals surface area contributed by atoms with Gasteiger partial charge in [0, 0.05) is 33.5 Å². The molecular formula is C29H37N3O5S. The number of benzene rings is 2. The molecule has 1 aliphatic heterocycles. The van der Waals surface area contributed by atoms with Crippen molar-refractivity contribution < 1.29 is 24.2 Å². The van der Waals surface area contributed by atoms with E-state index in [4.69, 9.17) is 4.74 Å². The van der Waals surface area contributed by atoms with Crippen LogP contribution in [0.1, 0.15) is 43.8 Å². The number of hydrogen-bond acceptors (Lipinski definition) is 6. The maximum Gasteiger partial charge on any atom is 0.293 e. The zero-order chi connectivity index (χ0) is 27.1. The largest absolute Gasteiger partial charge is 0.454 e. The van der Waals surface area contributed by atoms with E-state index in [9.17, 15) is 18.0 Å². The maximum absolute atomic E-state index is 12.1. The summed E-state index contributed by atoms with van der Waals surface area (Å²) in [5.74, 6) is -0.166. The SMILES string of the molecule is O=COC(CCc1ccccc1)C(=O)NCc1cccnc1.O=S(=O)(Cc1ccccc1)N1CCCCC1.[HH]. The van der Waals surface area contributed by atoms with Gasteiger partial charge in [-0.3, -0.25) is 14.6 Å². The highest BCUT2D eigenvalue weighted by atomic mass is 32.2. The van der Waals surface area contributed by atoms with Crippen LogP contribution < -0.4 is 5.32 Å². The summed E-state index contributed by atoms with van der Waals surface area (Å²) in [5.41, 5.74) is 2.86. The molecule has 38 heavy (non-hydrogen) atoms. The van der Waals surface area contributed by atoms with Crippen molar-refractivity contribution in [2.45, 2.75) is 50.5 Å². The van der Waals surface area contributed by atoms with Gasteiger partial charge in [0.25, 0.3) is 12.4 Å². The molecule has 0 saturated carbocycles. The average molecular weight is 540 g/mol. The Kier molecular flexibility index (Phi) is 11.9. The Morgan fingerprint density at radius 3 is 2.18 bits per heavy atom. The topological polar surface area (TPSA) is 106 Å². The Labute approximate surface area is 226 Å². The van der Waals surface area contributed by atoms with Gasteiger partial charge in [-0.25, -0.2) is 12.7 Å². The number of nitrogens with one attached hydrogen (secondary N) is 1. The van der Waals surface area contributed by atoms with E-state index >= 15 is 0 Å². The second-order valence-corrected chi connectivity index (χ2v) is 11.0. The van der Waals surface area contributed by atoms with Crippen LogP contribution in [0, 0.1) is 0 Å². The molecule has 204 valence electrons. The molecule has 0 bridgehead atoms. The van der Waals surface area contributed by atoms with Gasteiger partial charge in [-0.1, -0.05) is 73.2 Å². The third-order valence-corrected chi connectivity index (χ3v) is 7.99. The van der Waals surface area contributed by atoms with E-state index in [0.29, 0.717) is 38.9 Å². The van der Waals surface area contributed by atoms with E-state index in [1.54, 1.807) is 22.8 Å². The van der Waals surface area contributed by atoms with Crippen LogP contribution in [0.2, 0.25) is 0 Å². The minimum Gasteiger partial charge on any atom is -0.454 e. The first-order chi connectivity index (χ1) is 18.5. The van der Waals surface area contributed by atoms with Crippen LogP contribution in [0.3, 0.4) is 0 Å². The van der Waals surface area contributed by atoms with Crippen LogP contribution in [0.5, 0.6) is 0 Å². The van der Waals surface area contributed by atoms with Gasteiger partial charge >= 0.3 is 0 Å². The molecule has 4 rings (SSSR count). The van der Waals surface area contributed by atoms with Crippen LogP contribution in [0.25, 0.3) is 0 Å². The second kappa shape index (κ2) is 15.6. The molecule has 1 saturated heterocycles. The highest BCUT2D eigenvalue weighted by Gasteiger charge is 2.24. The minimum absolute atomic E-state index is 0. The average Bonchev–Trinajstić information content (AvgIpc) is 2.96. The van der Waals surface area contributed by atoms with Crippen molar-refractivity contribution in [2.75, 3.05) is 13.1 Å². The third-order valence-electron chi connectivity index (χ3n) is 6.14. The molecule has 2 heterocycles. The first kappa shape index (κ1) is 29.0. The van der Waals surface area contributed by atoms with Gasteiger partial charge in [-0.2, -0.15) is 0 Å². The molecular weight excluding hydrogens is 502 g/mol. The van der Waals surface area contributed by atoms with Crippen molar-refractivity contribution in [3.8, 4) is 0 Å². The zero-order valence-electron chi connectivity index (χ0n) is 21.4. The molecule has 0 aliphatic carbocycles. The molecule has 1 amide bonds. The summed E-state index contributed by atoms with van der Waals surface area (Å²) in [4.78, 5) is 26.7. The molecule has 3 aromatic rings. The van der Waals surface area contributed by atoms with Gasteiger partial charge in [0.15, 0.2) is 6.10 Å². The molecule has 9 heteroatoms. The van der Waals surface area contributed by atoms with E-state index in [2.05, 4.69) is 10.3 Å². The fourth-order valence-corrected chi connectivity index (χ4v) is 5.71. The highest BCUT2D eigenvalue weighted by molar-refractivity contribution is 7.88. The van der Waals surface area contributed by atoms with Crippen LogP contribution in [0.4, 0.5) is 0 Å². The smallest absolute Gasteiger partial charge is 0.293 e. The van der Waals surface area contributed by atoms with Gasteiger partial charge in [0.1, 0.15) is 0 Å². The fraction of sp³-hybridized carbons (Fsp3) is 0.345. The number of pyridine rings is 1. The maximum atomic E-state index is 12.1. The zero-order valence-corrected chi connectivity index (χ0v) is 22.3.